The fourth-order valence-corrected chi connectivity index (χ4v) is 1.63. The second kappa shape index (κ2) is 4.30. The maximum absolute atomic E-state index is 11.6. The monoisotopic (exact) mass is 219 g/mol. The number of benzene rings is 1. The van der Waals surface area contributed by atoms with E-state index in [4.69, 9.17) is 4.74 Å². The topological polar surface area (TPSA) is 67.9 Å². The van der Waals surface area contributed by atoms with Crippen molar-refractivity contribution in [2.24, 2.45) is 0 Å². The van der Waals surface area contributed by atoms with Gasteiger partial charge in [0, 0.05) is 0 Å². The highest BCUT2D eigenvalue weighted by Crippen LogP contribution is 2.23. The van der Waals surface area contributed by atoms with Gasteiger partial charge < -0.3 is 4.74 Å². The first-order chi connectivity index (χ1) is 7.74. The molecule has 1 aromatic heterocycles. The van der Waals surface area contributed by atoms with E-state index in [0.29, 0.717) is 6.61 Å². The quantitative estimate of drug-likeness (QED) is 0.796. The number of nitrogens with zero attached hydrogens (tertiary/aromatic N) is 2. The van der Waals surface area contributed by atoms with Crippen molar-refractivity contribution in [2.45, 2.75) is 19.8 Å². The summed E-state index contributed by atoms with van der Waals surface area (Å²) >= 11 is 0. The summed E-state index contributed by atoms with van der Waals surface area (Å²) < 4.78 is 4.99. The van der Waals surface area contributed by atoms with Crippen LogP contribution in [0.25, 0.3) is 11.0 Å². The van der Waals surface area contributed by atoms with Gasteiger partial charge in [-0.2, -0.15) is 15.4 Å². The molecule has 0 radical (unpaired) electrons. The maximum Gasteiger partial charge on any atom is 0.313 e. The molecule has 5 heteroatoms. The Bertz CT molecular complexity index is 507. The van der Waals surface area contributed by atoms with Gasteiger partial charge in [0.2, 0.25) is 0 Å². The molecule has 1 unspecified atom stereocenters. The molecule has 0 aliphatic heterocycles. The minimum atomic E-state index is -0.325. The number of carbonyl (C=O) groups excluding carboxylic acids is 1. The van der Waals surface area contributed by atoms with Crippen molar-refractivity contribution >= 4 is 17.0 Å². The number of hydrogen-bond donors (Lipinski definition) is 1. The van der Waals surface area contributed by atoms with E-state index < -0.39 is 0 Å². The van der Waals surface area contributed by atoms with Crippen molar-refractivity contribution in [3.8, 4) is 0 Å². The van der Waals surface area contributed by atoms with Gasteiger partial charge in [0.05, 0.1) is 12.5 Å². The smallest absolute Gasteiger partial charge is 0.313 e. The lowest BCUT2D eigenvalue weighted by molar-refractivity contribution is -0.144. The van der Waals surface area contributed by atoms with Crippen LogP contribution in [0.5, 0.6) is 0 Å². The first-order valence-electron chi connectivity index (χ1n) is 5.20. The second-order valence-electron chi connectivity index (χ2n) is 3.51. The molecule has 1 N–H and O–H groups in total. The number of carbonyl (C=O) groups is 1. The molecule has 2 rings (SSSR count). The Morgan fingerprint density at radius 2 is 2.31 bits per heavy atom. The summed E-state index contributed by atoms with van der Waals surface area (Å²) in [5.41, 5.74) is 2.32. The summed E-state index contributed by atoms with van der Waals surface area (Å²) in [7, 11) is 0. The van der Waals surface area contributed by atoms with E-state index in [9.17, 15) is 4.79 Å². The minimum Gasteiger partial charge on any atom is -0.466 e. The number of fused-ring (bicyclic) bond motifs is 1. The van der Waals surface area contributed by atoms with Crippen molar-refractivity contribution in [3.63, 3.8) is 0 Å². The molecule has 0 amide bonds. The summed E-state index contributed by atoms with van der Waals surface area (Å²) in [5, 5.41) is 10.6. The zero-order valence-corrected chi connectivity index (χ0v) is 9.23. The third kappa shape index (κ3) is 1.76. The van der Waals surface area contributed by atoms with Gasteiger partial charge in [-0.25, -0.2) is 0 Å². The Kier molecular flexibility index (Phi) is 2.85. The molecule has 0 bridgehead atoms. The standard InChI is InChI=1S/C11H13N3O2/c1-3-16-11(15)7(2)8-5-4-6-9-10(8)13-14-12-9/h4-7H,3H2,1-2H3,(H,12,13,14). The molecule has 0 saturated carbocycles. The number of para-hydroxylation sites is 1. The Balaban J connectivity index is 2.39. The SMILES string of the molecule is CCOC(=O)C(C)c1cccc2n[nH]nc12. The number of rotatable bonds is 3. The zero-order chi connectivity index (χ0) is 11.5. The third-order valence-electron chi connectivity index (χ3n) is 2.48. The first kappa shape index (κ1) is 10.6. The molecular formula is C11H13N3O2. The molecule has 0 saturated heterocycles. The van der Waals surface area contributed by atoms with Gasteiger partial charge in [0.15, 0.2) is 0 Å². The molecule has 0 aliphatic rings. The summed E-state index contributed by atoms with van der Waals surface area (Å²) in [6.45, 7) is 3.99. The summed E-state index contributed by atoms with van der Waals surface area (Å²) in [4.78, 5) is 11.6. The highest BCUT2D eigenvalue weighted by atomic mass is 16.5. The number of nitrogens with one attached hydrogen (secondary N) is 1. The van der Waals surface area contributed by atoms with E-state index >= 15 is 0 Å². The van der Waals surface area contributed by atoms with E-state index in [1.807, 2.05) is 18.2 Å². The van der Waals surface area contributed by atoms with E-state index in [1.165, 1.54) is 0 Å². The second-order valence-corrected chi connectivity index (χ2v) is 3.51. The number of ether oxygens (including phenoxy) is 1. The predicted octanol–water partition coefficient (Wildman–Crippen LogP) is 1.62. The Hall–Kier alpha value is -1.91. The van der Waals surface area contributed by atoms with Crippen molar-refractivity contribution < 1.29 is 9.53 Å². The van der Waals surface area contributed by atoms with Gasteiger partial charge in [-0.05, 0) is 25.5 Å². The molecule has 5 nitrogen and oxygen atoms in total. The molecule has 84 valence electrons. The Morgan fingerprint density at radius 1 is 1.50 bits per heavy atom. The first-order valence-corrected chi connectivity index (χ1v) is 5.20. The zero-order valence-electron chi connectivity index (χ0n) is 9.23. The van der Waals surface area contributed by atoms with Crippen LogP contribution in [0.3, 0.4) is 0 Å². The summed E-state index contributed by atoms with van der Waals surface area (Å²) in [5.74, 6) is -0.563. The fraction of sp³-hybridized carbons (Fsp3) is 0.364. The van der Waals surface area contributed by atoms with E-state index in [-0.39, 0.29) is 11.9 Å². The highest BCUT2D eigenvalue weighted by Gasteiger charge is 2.19. The van der Waals surface area contributed by atoms with E-state index in [2.05, 4.69) is 15.4 Å². The van der Waals surface area contributed by atoms with Gasteiger partial charge in [-0.3, -0.25) is 4.79 Å². The Labute approximate surface area is 92.8 Å². The normalized spacial score (nSPS) is 12.6. The number of aromatic nitrogens is 3. The largest absolute Gasteiger partial charge is 0.466 e. The highest BCUT2D eigenvalue weighted by molar-refractivity contribution is 5.86. The van der Waals surface area contributed by atoms with Crippen LogP contribution in [0.1, 0.15) is 25.3 Å². The minimum absolute atomic E-state index is 0.238. The van der Waals surface area contributed by atoms with Crippen LogP contribution in [0, 0.1) is 0 Å². The van der Waals surface area contributed by atoms with Crippen molar-refractivity contribution in [1.29, 1.82) is 0 Å². The summed E-state index contributed by atoms with van der Waals surface area (Å²) in [6.07, 6.45) is 0. The van der Waals surface area contributed by atoms with Gasteiger partial charge in [-0.1, -0.05) is 12.1 Å². The molecule has 0 spiro atoms. The van der Waals surface area contributed by atoms with E-state index in [0.717, 1.165) is 16.6 Å². The fourth-order valence-electron chi connectivity index (χ4n) is 1.63. The van der Waals surface area contributed by atoms with Gasteiger partial charge in [0.1, 0.15) is 11.0 Å². The van der Waals surface area contributed by atoms with Crippen LogP contribution in [0.15, 0.2) is 18.2 Å². The van der Waals surface area contributed by atoms with Crippen LogP contribution < -0.4 is 0 Å². The lowest BCUT2D eigenvalue weighted by Gasteiger charge is -2.10. The van der Waals surface area contributed by atoms with Gasteiger partial charge in [-0.15, -0.1) is 0 Å². The van der Waals surface area contributed by atoms with Crippen molar-refractivity contribution in [1.82, 2.24) is 15.4 Å². The number of esters is 1. The van der Waals surface area contributed by atoms with Gasteiger partial charge >= 0.3 is 5.97 Å². The van der Waals surface area contributed by atoms with Crippen LogP contribution in [0.2, 0.25) is 0 Å². The molecule has 1 aromatic carbocycles. The number of aromatic amines is 1. The number of hydrogen-bond acceptors (Lipinski definition) is 4. The van der Waals surface area contributed by atoms with Gasteiger partial charge in [0.25, 0.3) is 0 Å². The number of H-pyrrole nitrogens is 1. The lowest BCUT2D eigenvalue weighted by atomic mass is 10.00. The molecule has 1 atom stereocenters. The van der Waals surface area contributed by atoms with Crippen LogP contribution in [-0.2, 0) is 9.53 Å². The van der Waals surface area contributed by atoms with E-state index in [1.54, 1.807) is 13.8 Å². The Morgan fingerprint density at radius 3 is 3.06 bits per heavy atom. The third-order valence-corrected chi connectivity index (χ3v) is 2.48. The molecule has 0 fully saturated rings. The molecular weight excluding hydrogens is 206 g/mol. The van der Waals surface area contributed by atoms with Crippen LogP contribution in [0.4, 0.5) is 0 Å². The van der Waals surface area contributed by atoms with Crippen LogP contribution in [-0.4, -0.2) is 28.0 Å². The predicted molar refractivity (Wildman–Crippen MR) is 58.9 cm³/mol. The maximum atomic E-state index is 11.6. The summed E-state index contributed by atoms with van der Waals surface area (Å²) in [6, 6.07) is 5.57. The average Bonchev–Trinajstić information content (AvgIpc) is 2.76. The molecule has 0 aliphatic carbocycles. The average molecular weight is 219 g/mol. The molecule has 1 heterocycles. The van der Waals surface area contributed by atoms with Crippen molar-refractivity contribution in [2.75, 3.05) is 6.61 Å². The molecule has 16 heavy (non-hydrogen) atoms. The van der Waals surface area contributed by atoms with Crippen molar-refractivity contribution in [3.05, 3.63) is 23.8 Å². The lowest BCUT2D eigenvalue weighted by Crippen LogP contribution is -2.13. The van der Waals surface area contributed by atoms with Crippen LogP contribution >= 0.6 is 0 Å². The molecule has 2 aromatic rings.